The number of nitrogens with zero attached hydrogens (tertiary/aromatic N) is 1. The number of nitrogens with one attached hydrogen (secondary N) is 1. The Morgan fingerprint density at radius 1 is 1.64 bits per heavy atom. The van der Waals surface area contributed by atoms with Crippen LogP contribution in [0.3, 0.4) is 0 Å². The average Bonchev–Trinajstić information content (AvgIpc) is 2.24. The maximum atomic E-state index is 9.27. The third kappa shape index (κ3) is 3.08. The SMILES string of the molecule is C=CCN1CC(C)(C)CNCC1CO. The molecular formula is C11H22N2O. The number of hydrogen-bond acceptors (Lipinski definition) is 3. The monoisotopic (exact) mass is 198 g/mol. The Hall–Kier alpha value is -0.380. The molecule has 14 heavy (non-hydrogen) atoms. The molecule has 3 nitrogen and oxygen atoms in total. The molecule has 1 atom stereocenters. The molecule has 0 aromatic rings. The van der Waals surface area contributed by atoms with Gasteiger partial charge in [-0.15, -0.1) is 6.58 Å². The van der Waals surface area contributed by atoms with E-state index in [-0.39, 0.29) is 18.1 Å². The van der Waals surface area contributed by atoms with Crippen LogP contribution < -0.4 is 5.32 Å². The van der Waals surface area contributed by atoms with Gasteiger partial charge < -0.3 is 10.4 Å². The highest BCUT2D eigenvalue weighted by atomic mass is 16.3. The van der Waals surface area contributed by atoms with E-state index in [1.165, 1.54) is 0 Å². The maximum Gasteiger partial charge on any atom is 0.0599 e. The summed E-state index contributed by atoms with van der Waals surface area (Å²) in [7, 11) is 0. The van der Waals surface area contributed by atoms with E-state index >= 15 is 0 Å². The summed E-state index contributed by atoms with van der Waals surface area (Å²) in [4.78, 5) is 2.30. The number of rotatable bonds is 3. The second-order valence-corrected chi connectivity index (χ2v) is 4.85. The lowest BCUT2D eigenvalue weighted by atomic mass is 9.93. The maximum absolute atomic E-state index is 9.27. The molecule has 1 rings (SSSR count). The third-order valence-electron chi connectivity index (χ3n) is 2.71. The van der Waals surface area contributed by atoms with Gasteiger partial charge in [0.2, 0.25) is 0 Å². The molecule has 1 fully saturated rings. The smallest absolute Gasteiger partial charge is 0.0599 e. The Morgan fingerprint density at radius 2 is 2.36 bits per heavy atom. The van der Waals surface area contributed by atoms with Gasteiger partial charge in [0.05, 0.1) is 6.61 Å². The molecule has 82 valence electrons. The normalized spacial score (nSPS) is 28.4. The van der Waals surface area contributed by atoms with E-state index in [4.69, 9.17) is 0 Å². The fourth-order valence-corrected chi connectivity index (χ4v) is 2.00. The molecule has 1 heterocycles. The minimum atomic E-state index is 0.219. The quantitative estimate of drug-likeness (QED) is 0.647. The Bertz CT molecular complexity index is 192. The van der Waals surface area contributed by atoms with Gasteiger partial charge in [-0.25, -0.2) is 0 Å². The molecule has 1 unspecified atom stereocenters. The van der Waals surface area contributed by atoms with E-state index in [1.54, 1.807) is 0 Å². The Balaban J connectivity index is 2.66. The lowest BCUT2D eigenvalue weighted by Crippen LogP contribution is -2.43. The summed E-state index contributed by atoms with van der Waals surface area (Å²) in [5.41, 5.74) is 0.271. The fraction of sp³-hybridized carbons (Fsp3) is 0.818. The molecule has 1 aliphatic heterocycles. The number of aliphatic hydroxyl groups excluding tert-OH is 1. The van der Waals surface area contributed by atoms with Crippen molar-refractivity contribution in [2.75, 3.05) is 32.8 Å². The summed E-state index contributed by atoms with van der Waals surface area (Å²) in [6.07, 6.45) is 1.91. The minimum Gasteiger partial charge on any atom is -0.395 e. The molecule has 0 spiro atoms. The van der Waals surface area contributed by atoms with Crippen LogP contribution in [0, 0.1) is 5.41 Å². The predicted molar refractivity (Wildman–Crippen MR) is 59.3 cm³/mol. The topological polar surface area (TPSA) is 35.5 Å². The first-order valence-electron chi connectivity index (χ1n) is 5.25. The molecule has 1 saturated heterocycles. The highest BCUT2D eigenvalue weighted by molar-refractivity contribution is 4.88. The zero-order chi connectivity index (χ0) is 10.6. The van der Waals surface area contributed by atoms with Crippen molar-refractivity contribution in [3.05, 3.63) is 12.7 Å². The lowest BCUT2D eigenvalue weighted by molar-refractivity contribution is 0.119. The molecular weight excluding hydrogens is 176 g/mol. The molecule has 0 amide bonds. The van der Waals surface area contributed by atoms with E-state index in [0.717, 1.165) is 26.2 Å². The molecule has 2 N–H and O–H groups in total. The van der Waals surface area contributed by atoms with Crippen LogP contribution in [0.1, 0.15) is 13.8 Å². The molecule has 0 aromatic heterocycles. The predicted octanol–water partition coefficient (Wildman–Crippen LogP) is 0.465. The van der Waals surface area contributed by atoms with Crippen LogP contribution in [-0.2, 0) is 0 Å². The van der Waals surface area contributed by atoms with Gasteiger partial charge in [0.25, 0.3) is 0 Å². The molecule has 0 aliphatic carbocycles. The van der Waals surface area contributed by atoms with Crippen LogP contribution in [0.15, 0.2) is 12.7 Å². The summed E-state index contributed by atoms with van der Waals surface area (Å²) in [5, 5.41) is 12.7. The standard InChI is InChI=1S/C11H22N2O/c1-4-5-13-9-11(2,3)8-12-6-10(13)7-14/h4,10,12,14H,1,5-9H2,2-3H3. The number of aliphatic hydroxyl groups is 1. The average molecular weight is 198 g/mol. The van der Waals surface area contributed by atoms with Gasteiger partial charge in [0, 0.05) is 32.2 Å². The minimum absolute atomic E-state index is 0.219. The first kappa shape index (κ1) is 11.7. The van der Waals surface area contributed by atoms with Crippen molar-refractivity contribution in [1.29, 1.82) is 0 Å². The molecule has 1 aliphatic rings. The van der Waals surface area contributed by atoms with Crippen molar-refractivity contribution in [2.45, 2.75) is 19.9 Å². The first-order chi connectivity index (χ1) is 6.59. The van der Waals surface area contributed by atoms with Crippen molar-refractivity contribution in [1.82, 2.24) is 10.2 Å². The zero-order valence-corrected chi connectivity index (χ0v) is 9.29. The van der Waals surface area contributed by atoms with Gasteiger partial charge in [0.15, 0.2) is 0 Å². The van der Waals surface area contributed by atoms with Gasteiger partial charge in [0.1, 0.15) is 0 Å². The van der Waals surface area contributed by atoms with Gasteiger partial charge in [-0.2, -0.15) is 0 Å². The summed E-state index contributed by atoms with van der Waals surface area (Å²) in [5.74, 6) is 0. The van der Waals surface area contributed by atoms with Crippen molar-refractivity contribution in [2.24, 2.45) is 5.41 Å². The summed E-state index contributed by atoms with van der Waals surface area (Å²) >= 11 is 0. The Morgan fingerprint density at radius 3 is 2.93 bits per heavy atom. The van der Waals surface area contributed by atoms with E-state index in [0.29, 0.717) is 0 Å². The third-order valence-corrected chi connectivity index (χ3v) is 2.71. The van der Waals surface area contributed by atoms with E-state index < -0.39 is 0 Å². The second kappa shape index (κ2) is 4.91. The van der Waals surface area contributed by atoms with E-state index in [9.17, 15) is 5.11 Å². The Labute approximate surface area is 86.8 Å². The van der Waals surface area contributed by atoms with Crippen molar-refractivity contribution >= 4 is 0 Å². The molecule has 0 radical (unpaired) electrons. The molecule has 3 heteroatoms. The molecule has 0 bridgehead atoms. The van der Waals surface area contributed by atoms with Crippen LogP contribution in [-0.4, -0.2) is 48.8 Å². The van der Waals surface area contributed by atoms with E-state index in [1.807, 2.05) is 6.08 Å². The van der Waals surface area contributed by atoms with Gasteiger partial charge in [-0.3, -0.25) is 4.90 Å². The highest BCUT2D eigenvalue weighted by Crippen LogP contribution is 2.19. The fourth-order valence-electron chi connectivity index (χ4n) is 2.00. The van der Waals surface area contributed by atoms with Crippen LogP contribution >= 0.6 is 0 Å². The van der Waals surface area contributed by atoms with Crippen LogP contribution in [0.25, 0.3) is 0 Å². The summed E-state index contributed by atoms with van der Waals surface area (Å²) in [6.45, 7) is 12.2. The Kier molecular flexibility index (Phi) is 4.11. The van der Waals surface area contributed by atoms with Crippen molar-refractivity contribution in [3.63, 3.8) is 0 Å². The van der Waals surface area contributed by atoms with Gasteiger partial charge >= 0.3 is 0 Å². The van der Waals surface area contributed by atoms with Crippen LogP contribution in [0.4, 0.5) is 0 Å². The van der Waals surface area contributed by atoms with Gasteiger partial charge in [-0.05, 0) is 5.41 Å². The van der Waals surface area contributed by atoms with Crippen molar-refractivity contribution < 1.29 is 5.11 Å². The lowest BCUT2D eigenvalue weighted by Gasteiger charge is -2.32. The largest absolute Gasteiger partial charge is 0.395 e. The first-order valence-corrected chi connectivity index (χ1v) is 5.25. The second-order valence-electron chi connectivity index (χ2n) is 4.85. The summed E-state index contributed by atoms with van der Waals surface area (Å²) < 4.78 is 0. The van der Waals surface area contributed by atoms with Crippen LogP contribution in [0.2, 0.25) is 0 Å². The highest BCUT2D eigenvalue weighted by Gasteiger charge is 2.28. The molecule has 0 aromatic carbocycles. The van der Waals surface area contributed by atoms with Gasteiger partial charge in [-0.1, -0.05) is 19.9 Å². The number of hydrogen-bond donors (Lipinski definition) is 2. The summed E-state index contributed by atoms with van der Waals surface area (Å²) in [6, 6.07) is 0.231. The van der Waals surface area contributed by atoms with Crippen molar-refractivity contribution in [3.8, 4) is 0 Å². The zero-order valence-electron chi connectivity index (χ0n) is 9.29. The van der Waals surface area contributed by atoms with E-state index in [2.05, 4.69) is 30.6 Å². The molecule has 0 saturated carbocycles. The van der Waals surface area contributed by atoms with Crippen LogP contribution in [0.5, 0.6) is 0 Å².